The van der Waals surface area contributed by atoms with Gasteiger partial charge in [0.2, 0.25) is 5.91 Å². The second-order valence-corrected chi connectivity index (χ2v) is 7.28. The third kappa shape index (κ3) is 6.31. The van der Waals surface area contributed by atoms with Gasteiger partial charge in [-0.1, -0.05) is 61.5 Å². The van der Waals surface area contributed by atoms with Crippen LogP contribution in [0.15, 0.2) is 60.0 Å². The molecule has 1 aromatic heterocycles. The van der Waals surface area contributed by atoms with Gasteiger partial charge in [-0.25, -0.2) is 4.98 Å². The second kappa shape index (κ2) is 10.00. The van der Waals surface area contributed by atoms with Crippen LogP contribution in [-0.2, 0) is 42.1 Å². The molecular weight excluding hydrogens is 356 g/mol. The maximum Gasteiger partial charge on any atom is 0.226 e. The quantitative estimate of drug-likeness (QED) is 0.603. The molecule has 4 nitrogen and oxygen atoms in total. The Hall–Kier alpha value is -2.50. The Balaban J connectivity index is 1.40. The number of aryl methyl sites for hydroxylation is 1. The lowest BCUT2D eigenvalue weighted by Crippen LogP contribution is -2.24. The Kier molecular flexibility index (Phi) is 7.13. The van der Waals surface area contributed by atoms with Gasteiger partial charge in [0, 0.05) is 11.9 Å². The lowest BCUT2D eigenvalue weighted by Gasteiger charge is -2.07. The van der Waals surface area contributed by atoms with E-state index in [-0.39, 0.29) is 5.91 Å². The monoisotopic (exact) mass is 380 g/mol. The molecule has 0 atom stereocenters. The molecule has 3 aromatic rings. The molecule has 5 heteroatoms. The normalized spacial score (nSPS) is 10.7. The number of hydrogen-bond acceptors (Lipinski definition) is 4. The van der Waals surface area contributed by atoms with Crippen LogP contribution in [0.3, 0.4) is 0 Å². The molecule has 0 spiro atoms. The first kappa shape index (κ1) is 19.3. The first-order valence-corrected chi connectivity index (χ1v) is 10.0. The highest BCUT2D eigenvalue weighted by molar-refractivity contribution is 7.09. The van der Waals surface area contributed by atoms with Crippen molar-refractivity contribution in [3.8, 4) is 0 Å². The molecule has 0 saturated heterocycles. The fraction of sp³-hybridized carbons (Fsp3) is 0.273. The Bertz CT molecular complexity index is 844. The van der Waals surface area contributed by atoms with E-state index < -0.39 is 0 Å². The maximum absolute atomic E-state index is 12.1. The van der Waals surface area contributed by atoms with Crippen LogP contribution in [0.2, 0.25) is 0 Å². The highest BCUT2D eigenvalue weighted by atomic mass is 32.1. The van der Waals surface area contributed by atoms with Crippen LogP contribution in [0.5, 0.6) is 0 Å². The Morgan fingerprint density at radius 3 is 2.33 bits per heavy atom. The minimum atomic E-state index is -0.00164. The molecule has 0 bridgehead atoms. The Morgan fingerprint density at radius 2 is 1.67 bits per heavy atom. The number of aromatic nitrogens is 1. The van der Waals surface area contributed by atoms with Gasteiger partial charge in [-0.2, -0.15) is 0 Å². The average Bonchev–Trinajstić information content (AvgIpc) is 3.16. The molecule has 27 heavy (non-hydrogen) atoms. The molecule has 0 saturated carbocycles. The number of nitrogens with zero attached hydrogens (tertiary/aromatic N) is 1. The third-order valence-corrected chi connectivity index (χ3v) is 5.18. The fourth-order valence-electron chi connectivity index (χ4n) is 2.63. The summed E-state index contributed by atoms with van der Waals surface area (Å²) in [6, 6.07) is 18.3. The summed E-state index contributed by atoms with van der Waals surface area (Å²) in [5.41, 5.74) is 4.21. The van der Waals surface area contributed by atoms with E-state index in [1.807, 2.05) is 47.8 Å². The molecule has 0 fully saturated rings. The smallest absolute Gasteiger partial charge is 0.226 e. The van der Waals surface area contributed by atoms with Crippen LogP contribution in [0.4, 0.5) is 0 Å². The molecular formula is C22H24N2O2S. The van der Waals surface area contributed by atoms with E-state index in [9.17, 15) is 4.79 Å². The van der Waals surface area contributed by atoms with Crippen molar-refractivity contribution >= 4 is 17.2 Å². The molecule has 2 aromatic carbocycles. The van der Waals surface area contributed by atoms with Crippen molar-refractivity contribution in [1.82, 2.24) is 10.3 Å². The average molecular weight is 381 g/mol. The first-order chi connectivity index (χ1) is 13.2. The fourth-order valence-corrected chi connectivity index (χ4v) is 3.38. The van der Waals surface area contributed by atoms with Crippen molar-refractivity contribution in [2.45, 2.75) is 39.5 Å². The van der Waals surface area contributed by atoms with Crippen LogP contribution >= 0.6 is 11.3 Å². The minimum Gasteiger partial charge on any atom is -0.372 e. The molecule has 140 valence electrons. The molecule has 0 aliphatic heterocycles. The van der Waals surface area contributed by atoms with Gasteiger partial charge < -0.3 is 10.1 Å². The molecule has 0 unspecified atom stereocenters. The molecule has 1 heterocycles. The molecule has 3 rings (SSSR count). The lowest BCUT2D eigenvalue weighted by atomic mass is 10.1. The van der Waals surface area contributed by atoms with Gasteiger partial charge in [0.25, 0.3) is 0 Å². The van der Waals surface area contributed by atoms with E-state index >= 15 is 0 Å². The van der Waals surface area contributed by atoms with E-state index in [0.29, 0.717) is 26.2 Å². The zero-order chi connectivity index (χ0) is 18.9. The van der Waals surface area contributed by atoms with Crippen molar-refractivity contribution in [1.29, 1.82) is 0 Å². The molecule has 1 N–H and O–H groups in total. The van der Waals surface area contributed by atoms with Crippen LogP contribution in [0.1, 0.15) is 34.3 Å². The van der Waals surface area contributed by atoms with Crippen molar-refractivity contribution in [3.05, 3.63) is 87.4 Å². The van der Waals surface area contributed by atoms with Gasteiger partial charge >= 0.3 is 0 Å². The van der Waals surface area contributed by atoms with Crippen molar-refractivity contribution in [2.24, 2.45) is 0 Å². The van der Waals surface area contributed by atoms with Crippen molar-refractivity contribution in [2.75, 3.05) is 0 Å². The summed E-state index contributed by atoms with van der Waals surface area (Å²) in [7, 11) is 0. The van der Waals surface area contributed by atoms with Crippen molar-refractivity contribution < 1.29 is 9.53 Å². The predicted octanol–water partition coefficient (Wildman–Crippen LogP) is 4.28. The minimum absolute atomic E-state index is 0.00164. The number of thiazole rings is 1. The van der Waals surface area contributed by atoms with Gasteiger partial charge in [-0.05, 0) is 23.1 Å². The standard InChI is InChI=1S/C22H24N2O2S/c1-2-22-24-20(16-27-22)12-21(25)23-13-17-8-10-19(11-9-17)15-26-14-18-6-4-3-5-7-18/h3-11,16H,2,12-15H2,1H3,(H,23,25). The highest BCUT2D eigenvalue weighted by Gasteiger charge is 2.07. The third-order valence-electron chi connectivity index (χ3n) is 4.14. The number of rotatable bonds is 9. The number of ether oxygens (including phenoxy) is 1. The van der Waals surface area contributed by atoms with Crippen molar-refractivity contribution in [3.63, 3.8) is 0 Å². The summed E-state index contributed by atoms with van der Waals surface area (Å²) >= 11 is 1.61. The van der Waals surface area contributed by atoms with Gasteiger partial charge in [-0.3, -0.25) is 4.79 Å². The number of nitrogens with one attached hydrogen (secondary N) is 1. The van der Waals surface area contributed by atoms with E-state index in [0.717, 1.165) is 28.2 Å². The van der Waals surface area contributed by atoms with E-state index in [1.165, 1.54) is 5.56 Å². The maximum atomic E-state index is 12.1. The number of carbonyl (C=O) groups excluding carboxylic acids is 1. The summed E-state index contributed by atoms with van der Waals surface area (Å²) in [5.74, 6) is -0.00164. The van der Waals surface area contributed by atoms with Gasteiger partial charge in [0.15, 0.2) is 0 Å². The van der Waals surface area contributed by atoms with Crippen LogP contribution in [-0.4, -0.2) is 10.9 Å². The first-order valence-electron chi connectivity index (χ1n) is 9.12. The Morgan fingerprint density at radius 1 is 1.00 bits per heavy atom. The van der Waals surface area contributed by atoms with Gasteiger partial charge in [-0.15, -0.1) is 11.3 Å². The Labute approximate surface area is 164 Å². The second-order valence-electron chi connectivity index (χ2n) is 6.33. The predicted molar refractivity (Wildman–Crippen MR) is 108 cm³/mol. The van der Waals surface area contributed by atoms with Crippen LogP contribution in [0, 0.1) is 0 Å². The van der Waals surface area contributed by atoms with Gasteiger partial charge in [0.05, 0.1) is 30.3 Å². The highest BCUT2D eigenvalue weighted by Crippen LogP contribution is 2.11. The summed E-state index contributed by atoms with van der Waals surface area (Å²) in [6.45, 7) is 3.77. The molecule has 0 radical (unpaired) electrons. The summed E-state index contributed by atoms with van der Waals surface area (Å²) < 4.78 is 5.75. The largest absolute Gasteiger partial charge is 0.372 e. The molecule has 0 aliphatic carbocycles. The summed E-state index contributed by atoms with van der Waals surface area (Å²) in [4.78, 5) is 16.5. The zero-order valence-corrected chi connectivity index (χ0v) is 16.3. The lowest BCUT2D eigenvalue weighted by molar-refractivity contribution is -0.120. The zero-order valence-electron chi connectivity index (χ0n) is 15.5. The van der Waals surface area contributed by atoms with E-state index in [1.54, 1.807) is 11.3 Å². The van der Waals surface area contributed by atoms with E-state index in [2.05, 4.69) is 29.4 Å². The summed E-state index contributed by atoms with van der Waals surface area (Å²) in [6.07, 6.45) is 1.25. The number of amides is 1. The molecule has 0 aliphatic rings. The number of benzene rings is 2. The molecule has 1 amide bonds. The number of hydrogen-bond donors (Lipinski definition) is 1. The van der Waals surface area contributed by atoms with Crippen LogP contribution in [0.25, 0.3) is 0 Å². The van der Waals surface area contributed by atoms with Crippen LogP contribution < -0.4 is 5.32 Å². The van der Waals surface area contributed by atoms with Gasteiger partial charge in [0.1, 0.15) is 0 Å². The number of carbonyl (C=O) groups is 1. The topological polar surface area (TPSA) is 51.2 Å². The van der Waals surface area contributed by atoms with E-state index in [4.69, 9.17) is 4.74 Å². The summed E-state index contributed by atoms with van der Waals surface area (Å²) in [5, 5.41) is 5.99. The SMILES string of the molecule is CCc1nc(CC(=O)NCc2ccc(COCc3ccccc3)cc2)cs1.